The highest BCUT2D eigenvalue weighted by Gasteiger charge is 2.03. The Balaban J connectivity index is 1.97. The molecule has 0 saturated carbocycles. The van der Waals surface area contributed by atoms with Crippen molar-refractivity contribution in [3.63, 3.8) is 0 Å². The van der Waals surface area contributed by atoms with Gasteiger partial charge in [0.25, 0.3) is 0 Å². The van der Waals surface area contributed by atoms with E-state index in [1.807, 2.05) is 36.4 Å². The lowest BCUT2D eigenvalue weighted by Crippen LogP contribution is -2.17. The molecule has 0 aromatic heterocycles. The Kier molecular flexibility index (Phi) is 4.75. The number of hydrogen-bond donors (Lipinski definition) is 0. The lowest BCUT2D eigenvalue weighted by molar-refractivity contribution is 0.318. The van der Waals surface area contributed by atoms with Gasteiger partial charge in [0.2, 0.25) is 0 Å². The molecule has 0 aliphatic rings. The van der Waals surface area contributed by atoms with Crippen LogP contribution in [0.25, 0.3) is 0 Å². The summed E-state index contributed by atoms with van der Waals surface area (Å²) in [6.45, 7) is 1.71. The van der Waals surface area contributed by atoms with Crippen molar-refractivity contribution < 1.29 is 4.74 Å². The van der Waals surface area contributed by atoms with Gasteiger partial charge in [-0.3, -0.25) is 4.90 Å². The fraction of sp³-hybridized carbons (Fsp3) is 0.235. The first-order valence-corrected chi connectivity index (χ1v) is 6.52. The largest absolute Gasteiger partial charge is 0.497 e. The Morgan fingerprint density at radius 3 is 2.40 bits per heavy atom. The molecule has 0 bridgehead atoms. The molecule has 0 radical (unpaired) electrons. The van der Waals surface area contributed by atoms with Crippen LogP contribution in [0.4, 0.5) is 0 Å². The zero-order valence-corrected chi connectivity index (χ0v) is 11.8. The molecule has 20 heavy (non-hydrogen) atoms. The van der Waals surface area contributed by atoms with Crippen molar-refractivity contribution in [3.8, 4) is 11.8 Å². The van der Waals surface area contributed by atoms with E-state index in [1.54, 1.807) is 7.11 Å². The van der Waals surface area contributed by atoms with Gasteiger partial charge in [0.1, 0.15) is 5.75 Å². The van der Waals surface area contributed by atoms with Crippen LogP contribution in [0.3, 0.4) is 0 Å². The highest BCUT2D eigenvalue weighted by molar-refractivity contribution is 5.32. The normalized spacial score (nSPS) is 10.3. The summed E-state index contributed by atoms with van der Waals surface area (Å²) in [7, 11) is 3.76. The molecule has 0 aliphatic heterocycles. The molecule has 0 fully saturated rings. The molecular formula is C17H18N2O. The van der Waals surface area contributed by atoms with E-state index in [1.165, 1.54) is 11.1 Å². The summed E-state index contributed by atoms with van der Waals surface area (Å²) in [5.41, 5.74) is 3.12. The molecule has 0 spiro atoms. The smallest absolute Gasteiger partial charge is 0.119 e. The van der Waals surface area contributed by atoms with Crippen LogP contribution in [0.5, 0.6) is 5.75 Å². The van der Waals surface area contributed by atoms with E-state index in [2.05, 4.69) is 30.1 Å². The Labute approximate surface area is 120 Å². The van der Waals surface area contributed by atoms with Crippen molar-refractivity contribution in [1.82, 2.24) is 4.90 Å². The van der Waals surface area contributed by atoms with E-state index in [4.69, 9.17) is 10.00 Å². The predicted molar refractivity (Wildman–Crippen MR) is 79.3 cm³/mol. The Morgan fingerprint density at radius 2 is 1.75 bits per heavy atom. The lowest BCUT2D eigenvalue weighted by Gasteiger charge is -2.17. The first-order chi connectivity index (χ1) is 9.71. The van der Waals surface area contributed by atoms with Crippen molar-refractivity contribution in [2.24, 2.45) is 0 Å². The second-order valence-corrected chi connectivity index (χ2v) is 4.83. The van der Waals surface area contributed by atoms with Crippen LogP contribution in [0.1, 0.15) is 16.7 Å². The van der Waals surface area contributed by atoms with Crippen LogP contribution in [0, 0.1) is 11.3 Å². The summed E-state index contributed by atoms with van der Waals surface area (Å²) in [4.78, 5) is 2.23. The Bertz CT molecular complexity index is 599. The summed E-state index contributed by atoms with van der Waals surface area (Å²) in [6, 6.07) is 17.9. The second kappa shape index (κ2) is 6.74. The highest BCUT2D eigenvalue weighted by atomic mass is 16.5. The Morgan fingerprint density at radius 1 is 1.05 bits per heavy atom. The van der Waals surface area contributed by atoms with Crippen LogP contribution >= 0.6 is 0 Å². The van der Waals surface area contributed by atoms with Gasteiger partial charge < -0.3 is 4.74 Å². The molecule has 0 saturated heterocycles. The first-order valence-electron chi connectivity index (χ1n) is 6.52. The van der Waals surface area contributed by atoms with Crippen molar-refractivity contribution in [3.05, 3.63) is 65.2 Å². The molecule has 0 N–H and O–H groups in total. The van der Waals surface area contributed by atoms with Crippen molar-refractivity contribution in [2.75, 3.05) is 14.2 Å². The SMILES string of the molecule is COc1cccc(CN(C)Cc2ccc(C#N)cc2)c1. The van der Waals surface area contributed by atoms with Crippen molar-refractivity contribution >= 4 is 0 Å². The molecule has 3 heteroatoms. The molecule has 102 valence electrons. The van der Waals surface area contributed by atoms with E-state index >= 15 is 0 Å². The third kappa shape index (κ3) is 3.84. The van der Waals surface area contributed by atoms with E-state index in [9.17, 15) is 0 Å². The molecule has 2 aromatic carbocycles. The standard InChI is InChI=1S/C17H18N2O/c1-19(12-15-8-6-14(11-18)7-9-15)13-16-4-3-5-17(10-16)20-2/h3-10H,12-13H2,1-2H3. The average Bonchev–Trinajstić information content (AvgIpc) is 2.48. The van der Waals surface area contributed by atoms with Gasteiger partial charge in [0, 0.05) is 13.1 Å². The molecule has 0 heterocycles. The molecule has 0 unspecified atom stereocenters. The van der Waals surface area contributed by atoms with Crippen LogP contribution in [0.2, 0.25) is 0 Å². The fourth-order valence-electron chi connectivity index (χ4n) is 2.13. The molecule has 2 rings (SSSR count). The van der Waals surface area contributed by atoms with Gasteiger partial charge in [-0.2, -0.15) is 5.26 Å². The summed E-state index contributed by atoms with van der Waals surface area (Å²) in [5.74, 6) is 0.884. The summed E-state index contributed by atoms with van der Waals surface area (Å²) in [5, 5.41) is 8.78. The Hall–Kier alpha value is -2.31. The maximum Gasteiger partial charge on any atom is 0.119 e. The minimum absolute atomic E-state index is 0.698. The zero-order valence-electron chi connectivity index (χ0n) is 11.8. The van der Waals surface area contributed by atoms with E-state index in [-0.39, 0.29) is 0 Å². The number of nitrogens with zero attached hydrogens (tertiary/aromatic N) is 2. The number of nitriles is 1. The fourth-order valence-corrected chi connectivity index (χ4v) is 2.13. The minimum atomic E-state index is 0.698. The molecule has 2 aromatic rings. The van der Waals surface area contributed by atoms with Gasteiger partial charge in [-0.05, 0) is 42.4 Å². The maximum atomic E-state index is 8.78. The highest BCUT2D eigenvalue weighted by Crippen LogP contribution is 2.15. The van der Waals surface area contributed by atoms with E-state index in [0.717, 1.165) is 18.8 Å². The van der Waals surface area contributed by atoms with Crippen LogP contribution in [0.15, 0.2) is 48.5 Å². The third-order valence-electron chi connectivity index (χ3n) is 3.12. The monoisotopic (exact) mass is 266 g/mol. The summed E-state index contributed by atoms with van der Waals surface area (Å²) in [6.07, 6.45) is 0. The number of ether oxygens (including phenoxy) is 1. The first kappa shape index (κ1) is 14.1. The number of benzene rings is 2. The van der Waals surface area contributed by atoms with Crippen molar-refractivity contribution in [1.29, 1.82) is 5.26 Å². The number of hydrogen-bond acceptors (Lipinski definition) is 3. The zero-order chi connectivity index (χ0) is 14.4. The van der Waals surface area contributed by atoms with Crippen LogP contribution < -0.4 is 4.74 Å². The topological polar surface area (TPSA) is 36.3 Å². The average molecular weight is 266 g/mol. The third-order valence-corrected chi connectivity index (χ3v) is 3.12. The molecule has 3 nitrogen and oxygen atoms in total. The van der Waals surface area contributed by atoms with Crippen LogP contribution in [-0.4, -0.2) is 19.1 Å². The predicted octanol–water partition coefficient (Wildman–Crippen LogP) is 3.20. The lowest BCUT2D eigenvalue weighted by atomic mass is 10.1. The van der Waals surface area contributed by atoms with E-state index < -0.39 is 0 Å². The second-order valence-electron chi connectivity index (χ2n) is 4.83. The number of rotatable bonds is 5. The molecule has 0 aliphatic carbocycles. The quantitative estimate of drug-likeness (QED) is 0.833. The van der Waals surface area contributed by atoms with Gasteiger partial charge >= 0.3 is 0 Å². The molecular weight excluding hydrogens is 248 g/mol. The summed E-state index contributed by atoms with van der Waals surface area (Å²) >= 11 is 0. The van der Waals surface area contributed by atoms with E-state index in [0.29, 0.717) is 5.56 Å². The molecule has 0 atom stereocenters. The van der Waals surface area contributed by atoms with Crippen molar-refractivity contribution in [2.45, 2.75) is 13.1 Å². The van der Waals surface area contributed by atoms with Gasteiger partial charge in [-0.1, -0.05) is 24.3 Å². The maximum absolute atomic E-state index is 8.78. The summed E-state index contributed by atoms with van der Waals surface area (Å²) < 4.78 is 5.23. The molecule has 0 amide bonds. The van der Waals surface area contributed by atoms with Crippen LogP contribution in [-0.2, 0) is 13.1 Å². The van der Waals surface area contributed by atoms with Gasteiger partial charge in [-0.15, -0.1) is 0 Å². The van der Waals surface area contributed by atoms with Gasteiger partial charge in [0.05, 0.1) is 18.7 Å². The number of methoxy groups -OCH3 is 1. The minimum Gasteiger partial charge on any atom is -0.497 e. The van der Waals surface area contributed by atoms with Gasteiger partial charge in [0.15, 0.2) is 0 Å². The van der Waals surface area contributed by atoms with Gasteiger partial charge in [-0.25, -0.2) is 0 Å².